The van der Waals surface area contributed by atoms with Gasteiger partial charge in [-0.05, 0) is 19.8 Å². The fourth-order valence-electron chi connectivity index (χ4n) is 1.42. The van der Waals surface area contributed by atoms with Gasteiger partial charge in [0.05, 0.1) is 25.3 Å². The quantitative estimate of drug-likeness (QED) is 0.475. The summed E-state index contributed by atoms with van der Waals surface area (Å²) in [6.07, 6.45) is 3.34. The van der Waals surface area contributed by atoms with Crippen LogP contribution in [-0.4, -0.2) is 46.7 Å². The Labute approximate surface area is 86.2 Å². The van der Waals surface area contributed by atoms with Crippen molar-refractivity contribution in [2.24, 2.45) is 5.10 Å². The first-order valence-corrected chi connectivity index (χ1v) is 5.23. The molecule has 2 atom stereocenters. The fraction of sp³-hybridized carbons (Fsp3) is 0.900. The highest BCUT2D eigenvalue weighted by molar-refractivity contribution is 5.52. The molecular formula is C10H22N2O2. The first kappa shape index (κ1) is 13.4. The van der Waals surface area contributed by atoms with Crippen molar-refractivity contribution in [1.82, 2.24) is 5.01 Å². The van der Waals surface area contributed by atoms with E-state index in [1.807, 2.05) is 20.8 Å². The van der Waals surface area contributed by atoms with Gasteiger partial charge in [0.15, 0.2) is 0 Å². The van der Waals surface area contributed by atoms with Crippen LogP contribution in [0.25, 0.3) is 0 Å². The molecule has 0 aliphatic carbocycles. The first-order valence-electron chi connectivity index (χ1n) is 5.23. The lowest BCUT2D eigenvalue weighted by Gasteiger charge is -2.33. The van der Waals surface area contributed by atoms with Gasteiger partial charge in [0.25, 0.3) is 0 Å². The van der Waals surface area contributed by atoms with Crippen LogP contribution in [0.5, 0.6) is 0 Å². The van der Waals surface area contributed by atoms with Crippen LogP contribution >= 0.6 is 0 Å². The zero-order chi connectivity index (χ0) is 11.0. The Kier molecular flexibility index (Phi) is 7.42. The molecule has 4 nitrogen and oxygen atoms in total. The monoisotopic (exact) mass is 202 g/mol. The minimum atomic E-state index is 0.00306. The second-order valence-corrected chi connectivity index (χ2v) is 3.24. The molecule has 14 heavy (non-hydrogen) atoms. The summed E-state index contributed by atoms with van der Waals surface area (Å²) in [5, 5.41) is 24.3. The molecular weight excluding hydrogens is 180 g/mol. The molecule has 0 aliphatic heterocycles. The lowest BCUT2D eigenvalue weighted by Crippen LogP contribution is -2.42. The standard InChI is InChI=1S/C10H22N2O2/c1-4-9(7-13)12(11-6-3)10(5-2)8-14/h6,9-10,13-14H,4-5,7-8H2,1-3H3. The normalized spacial score (nSPS) is 15.8. The number of aliphatic hydroxyl groups excluding tert-OH is 2. The number of hydrazone groups is 1. The molecule has 0 heterocycles. The molecule has 4 heteroatoms. The van der Waals surface area contributed by atoms with E-state index in [4.69, 9.17) is 10.2 Å². The summed E-state index contributed by atoms with van der Waals surface area (Å²) in [6.45, 7) is 5.99. The Morgan fingerprint density at radius 2 is 1.57 bits per heavy atom. The molecule has 0 aromatic heterocycles. The van der Waals surface area contributed by atoms with Gasteiger partial charge in [0.2, 0.25) is 0 Å². The summed E-state index contributed by atoms with van der Waals surface area (Å²) in [6, 6.07) is 0.00611. The predicted octanol–water partition coefficient (Wildman–Crippen LogP) is 0.836. The zero-order valence-corrected chi connectivity index (χ0v) is 9.35. The van der Waals surface area contributed by atoms with Gasteiger partial charge in [0.1, 0.15) is 0 Å². The molecule has 2 N–H and O–H groups in total. The maximum Gasteiger partial charge on any atom is 0.0703 e. The number of hydrogen-bond donors (Lipinski definition) is 2. The lowest BCUT2D eigenvalue weighted by molar-refractivity contribution is 0.0510. The molecule has 0 spiro atoms. The molecule has 0 aliphatic rings. The van der Waals surface area contributed by atoms with Crippen LogP contribution in [0.3, 0.4) is 0 Å². The molecule has 0 rings (SSSR count). The van der Waals surface area contributed by atoms with Gasteiger partial charge in [0, 0.05) is 6.21 Å². The van der Waals surface area contributed by atoms with Crippen LogP contribution < -0.4 is 0 Å². The Bertz CT molecular complexity index is 142. The average molecular weight is 202 g/mol. The predicted molar refractivity (Wildman–Crippen MR) is 58.3 cm³/mol. The van der Waals surface area contributed by atoms with Crippen molar-refractivity contribution in [1.29, 1.82) is 0 Å². The van der Waals surface area contributed by atoms with Crippen LogP contribution in [0.15, 0.2) is 5.10 Å². The molecule has 0 saturated heterocycles. The van der Waals surface area contributed by atoms with Crippen molar-refractivity contribution in [3.8, 4) is 0 Å². The van der Waals surface area contributed by atoms with Gasteiger partial charge < -0.3 is 10.2 Å². The van der Waals surface area contributed by atoms with E-state index in [1.54, 1.807) is 11.2 Å². The molecule has 0 aromatic rings. The van der Waals surface area contributed by atoms with E-state index in [-0.39, 0.29) is 25.3 Å². The largest absolute Gasteiger partial charge is 0.394 e. The minimum Gasteiger partial charge on any atom is -0.394 e. The average Bonchev–Trinajstić information content (AvgIpc) is 2.21. The fourth-order valence-corrected chi connectivity index (χ4v) is 1.42. The van der Waals surface area contributed by atoms with E-state index in [2.05, 4.69) is 5.10 Å². The summed E-state index contributed by atoms with van der Waals surface area (Å²) in [4.78, 5) is 0. The van der Waals surface area contributed by atoms with Crippen molar-refractivity contribution in [3.05, 3.63) is 0 Å². The van der Waals surface area contributed by atoms with Crippen molar-refractivity contribution >= 4 is 6.21 Å². The van der Waals surface area contributed by atoms with Crippen molar-refractivity contribution in [3.63, 3.8) is 0 Å². The number of nitrogens with zero attached hydrogens (tertiary/aromatic N) is 2. The third kappa shape index (κ3) is 3.64. The number of hydrogen-bond acceptors (Lipinski definition) is 4. The second kappa shape index (κ2) is 7.76. The van der Waals surface area contributed by atoms with E-state index in [0.29, 0.717) is 0 Å². The first-order chi connectivity index (χ1) is 6.74. The highest BCUT2D eigenvalue weighted by Crippen LogP contribution is 2.12. The summed E-state index contributed by atoms with van der Waals surface area (Å²) >= 11 is 0. The molecule has 0 radical (unpaired) electrons. The van der Waals surface area contributed by atoms with E-state index < -0.39 is 0 Å². The van der Waals surface area contributed by atoms with E-state index in [9.17, 15) is 0 Å². The molecule has 0 saturated carbocycles. The summed E-state index contributed by atoms with van der Waals surface area (Å²) in [5.41, 5.74) is 0. The number of aliphatic hydroxyl groups is 2. The van der Waals surface area contributed by atoms with Crippen LogP contribution in [0.2, 0.25) is 0 Å². The van der Waals surface area contributed by atoms with Gasteiger partial charge >= 0.3 is 0 Å². The molecule has 0 aromatic carbocycles. The summed E-state index contributed by atoms with van der Waals surface area (Å²) in [7, 11) is 0. The van der Waals surface area contributed by atoms with Crippen molar-refractivity contribution in [2.45, 2.75) is 45.7 Å². The SMILES string of the molecule is CC=NN(C(CC)CO)C(CC)CO. The Morgan fingerprint density at radius 3 is 1.79 bits per heavy atom. The van der Waals surface area contributed by atoms with Crippen LogP contribution in [0, 0.1) is 0 Å². The van der Waals surface area contributed by atoms with E-state index in [0.717, 1.165) is 12.8 Å². The molecule has 0 fully saturated rings. The highest BCUT2D eigenvalue weighted by atomic mass is 16.3. The van der Waals surface area contributed by atoms with Gasteiger partial charge in [-0.25, -0.2) is 0 Å². The highest BCUT2D eigenvalue weighted by Gasteiger charge is 2.20. The number of rotatable bonds is 7. The molecule has 84 valence electrons. The maximum atomic E-state index is 9.17. The third-order valence-electron chi connectivity index (χ3n) is 2.36. The van der Waals surface area contributed by atoms with Gasteiger partial charge in [-0.15, -0.1) is 0 Å². The van der Waals surface area contributed by atoms with Gasteiger partial charge in [-0.2, -0.15) is 5.10 Å². The Balaban J connectivity index is 4.53. The van der Waals surface area contributed by atoms with Crippen molar-refractivity contribution < 1.29 is 10.2 Å². The molecule has 0 bridgehead atoms. The van der Waals surface area contributed by atoms with E-state index in [1.165, 1.54) is 0 Å². The minimum absolute atomic E-state index is 0.00306. The topological polar surface area (TPSA) is 56.1 Å². The Hall–Kier alpha value is -0.610. The van der Waals surface area contributed by atoms with Crippen LogP contribution in [-0.2, 0) is 0 Å². The molecule has 2 unspecified atom stereocenters. The van der Waals surface area contributed by atoms with Gasteiger partial charge in [-0.1, -0.05) is 13.8 Å². The summed E-state index contributed by atoms with van der Waals surface area (Å²) < 4.78 is 0. The van der Waals surface area contributed by atoms with Crippen molar-refractivity contribution in [2.75, 3.05) is 13.2 Å². The summed E-state index contributed by atoms with van der Waals surface area (Å²) in [5.74, 6) is 0. The Morgan fingerprint density at radius 1 is 1.14 bits per heavy atom. The van der Waals surface area contributed by atoms with E-state index >= 15 is 0 Å². The van der Waals surface area contributed by atoms with Crippen LogP contribution in [0.4, 0.5) is 0 Å². The smallest absolute Gasteiger partial charge is 0.0703 e. The van der Waals surface area contributed by atoms with Gasteiger partial charge in [-0.3, -0.25) is 5.01 Å². The van der Waals surface area contributed by atoms with Crippen LogP contribution in [0.1, 0.15) is 33.6 Å². The lowest BCUT2D eigenvalue weighted by atomic mass is 10.1. The second-order valence-electron chi connectivity index (χ2n) is 3.24. The molecule has 0 amide bonds. The zero-order valence-electron chi connectivity index (χ0n) is 9.35. The third-order valence-corrected chi connectivity index (χ3v) is 2.36. The maximum absolute atomic E-state index is 9.17.